The predicted molar refractivity (Wildman–Crippen MR) is 103 cm³/mol. The van der Waals surface area contributed by atoms with Crippen LogP contribution in [0.15, 0.2) is 54.0 Å². The Hall–Kier alpha value is -3.33. The zero-order chi connectivity index (χ0) is 18.1. The van der Waals surface area contributed by atoms with Crippen LogP contribution in [0.4, 0.5) is 0 Å². The van der Waals surface area contributed by atoms with Gasteiger partial charge in [0.1, 0.15) is 16.6 Å². The zero-order valence-corrected chi connectivity index (χ0v) is 14.1. The number of hydrogen-bond donors (Lipinski definition) is 0. The highest BCUT2D eigenvalue weighted by atomic mass is 16.5. The van der Waals surface area contributed by atoms with Crippen LogP contribution < -0.4 is 10.8 Å². The van der Waals surface area contributed by atoms with Crippen molar-refractivity contribution in [2.45, 2.75) is 0 Å². The molecular formula is C22H18O3. The minimum atomic E-state index is -0.103. The lowest BCUT2D eigenvalue weighted by Gasteiger charge is -2.10. The summed E-state index contributed by atoms with van der Waals surface area (Å²) >= 11 is 0. The second-order valence-corrected chi connectivity index (χ2v) is 5.67. The van der Waals surface area contributed by atoms with Crippen LogP contribution in [0, 0.1) is 0 Å². The Bertz CT molecular complexity index is 1120. The molecule has 2 aromatic carbocycles. The zero-order valence-electron chi connectivity index (χ0n) is 14.1. The first kappa shape index (κ1) is 16.5. The van der Waals surface area contributed by atoms with Gasteiger partial charge in [-0.15, -0.1) is 0 Å². The van der Waals surface area contributed by atoms with E-state index in [2.05, 4.69) is 26.3 Å². The third-order valence-corrected chi connectivity index (χ3v) is 4.21. The van der Waals surface area contributed by atoms with Crippen molar-refractivity contribution in [1.29, 1.82) is 0 Å². The smallest absolute Gasteiger partial charge is 0.193 e. The molecule has 0 bridgehead atoms. The summed E-state index contributed by atoms with van der Waals surface area (Å²) in [5, 5.41) is 1.65. The van der Waals surface area contributed by atoms with Crippen LogP contribution >= 0.6 is 0 Å². The number of carbonyl (C=O) groups is 1. The molecule has 0 saturated carbocycles. The maximum absolute atomic E-state index is 12.9. The second-order valence-electron chi connectivity index (χ2n) is 5.67. The number of furan rings is 1. The van der Waals surface area contributed by atoms with Crippen molar-refractivity contribution in [2.75, 3.05) is 7.11 Å². The minimum absolute atomic E-state index is 0.103. The molecule has 3 rings (SSSR count). The SMILES string of the molecule is C=Cc1ccc(C(=O)c2ccc3c(=C)oc(=C)c3c2)cc1C(=C)OC. The van der Waals surface area contributed by atoms with Gasteiger partial charge in [0.2, 0.25) is 0 Å². The van der Waals surface area contributed by atoms with Gasteiger partial charge in [-0.1, -0.05) is 50.6 Å². The highest BCUT2D eigenvalue weighted by Crippen LogP contribution is 2.23. The van der Waals surface area contributed by atoms with Gasteiger partial charge in [0, 0.05) is 27.5 Å². The van der Waals surface area contributed by atoms with Crippen molar-refractivity contribution in [3.8, 4) is 0 Å². The Morgan fingerprint density at radius 3 is 2.36 bits per heavy atom. The van der Waals surface area contributed by atoms with Crippen LogP contribution in [0.5, 0.6) is 0 Å². The van der Waals surface area contributed by atoms with Crippen LogP contribution in [0.2, 0.25) is 0 Å². The molecule has 1 heterocycles. The Balaban J connectivity index is 2.10. The summed E-state index contributed by atoms with van der Waals surface area (Å²) in [7, 11) is 1.54. The molecule has 25 heavy (non-hydrogen) atoms. The molecule has 0 unspecified atom stereocenters. The Morgan fingerprint density at radius 1 is 1.04 bits per heavy atom. The Morgan fingerprint density at radius 2 is 1.68 bits per heavy atom. The van der Waals surface area contributed by atoms with Crippen molar-refractivity contribution >= 4 is 41.5 Å². The number of rotatable bonds is 5. The molecule has 0 aliphatic carbocycles. The van der Waals surface area contributed by atoms with E-state index in [1.165, 1.54) is 0 Å². The van der Waals surface area contributed by atoms with Crippen LogP contribution in [0.25, 0.3) is 35.8 Å². The average Bonchev–Trinajstić information content (AvgIpc) is 2.93. The fourth-order valence-corrected chi connectivity index (χ4v) is 2.81. The van der Waals surface area contributed by atoms with E-state index in [0.29, 0.717) is 27.7 Å². The molecule has 0 fully saturated rings. The Kier molecular flexibility index (Phi) is 4.15. The lowest BCUT2D eigenvalue weighted by molar-refractivity contribution is 0.103. The molecule has 0 radical (unpaired) electrons. The average molecular weight is 330 g/mol. The van der Waals surface area contributed by atoms with E-state index in [0.717, 1.165) is 21.9 Å². The first-order valence-corrected chi connectivity index (χ1v) is 7.71. The molecule has 1 aromatic heterocycles. The first-order valence-electron chi connectivity index (χ1n) is 7.71. The summed E-state index contributed by atoms with van der Waals surface area (Å²) in [6.07, 6.45) is 1.70. The van der Waals surface area contributed by atoms with Gasteiger partial charge < -0.3 is 9.15 Å². The molecule has 3 heteroatoms. The van der Waals surface area contributed by atoms with Crippen molar-refractivity contribution in [2.24, 2.45) is 0 Å². The van der Waals surface area contributed by atoms with Crippen LogP contribution in [0.3, 0.4) is 0 Å². The van der Waals surface area contributed by atoms with Crippen molar-refractivity contribution < 1.29 is 13.9 Å². The first-order chi connectivity index (χ1) is 12.0. The lowest BCUT2D eigenvalue weighted by Crippen LogP contribution is -2.04. The van der Waals surface area contributed by atoms with Crippen LogP contribution in [-0.4, -0.2) is 12.9 Å². The normalized spacial score (nSPS) is 10.6. The number of fused-ring (bicyclic) bond motifs is 1. The number of hydrogen-bond acceptors (Lipinski definition) is 3. The second kappa shape index (κ2) is 6.29. The fourth-order valence-electron chi connectivity index (χ4n) is 2.81. The molecule has 0 amide bonds. The summed E-state index contributed by atoms with van der Waals surface area (Å²) in [5.41, 5.74) is 3.75. The summed E-state index contributed by atoms with van der Waals surface area (Å²) in [5.74, 6) is 0.380. The van der Waals surface area contributed by atoms with Gasteiger partial charge in [0.25, 0.3) is 0 Å². The van der Waals surface area contributed by atoms with E-state index in [1.54, 1.807) is 37.5 Å². The maximum Gasteiger partial charge on any atom is 0.193 e. The maximum atomic E-state index is 12.9. The molecule has 3 nitrogen and oxygen atoms in total. The highest BCUT2D eigenvalue weighted by Gasteiger charge is 2.14. The molecule has 0 spiro atoms. The number of ketones is 1. The number of benzene rings is 2. The van der Waals surface area contributed by atoms with Crippen molar-refractivity contribution in [3.63, 3.8) is 0 Å². The van der Waals surface area contributed by atoms with Crippen LogP contribution in [-0.2, 0) is 4.74 Å². The van der Waals surface area contributed by atoms with E-state index >= 15 is 0 Å². The Labute approximate surface area is 145 Å². The third-order valence-electron chi connectivity index (χ3n) is 4.21. The largest absolute Gasteiger partial charge is 0.497 e. The highest BCUT2D eigenvalue weighted by molar-refractivity contribution is 6.11. The van der Waals surface area contributed by atoms with E-state index in [4.69, 9.17) is 9.15 Å². The fraction of sp³-hybridized carbons (Fsp3) is 0.0455. The van der Waals surface area contributed by atoms with E-state index in [9.17, 15) is 4.79 Å². The monoisotopic (exact) mass is 330 g/mol. The minimum Gasteiger partial charge on any atom is -0.497 e. The van der Waals surface area contributed by atoms with Gasteiger partial charge in [0.15, 0.2) is 5.78 Å². The van der Waals surface area contributed by atoms with Crippen LogP contribution in [0.1, 0.15) is 27.0 Å². The van der Waals surface area contributed by atoms with Crippen molar-refractivity contribution in [1.82, 2.24) is 0 Å². The summed E-state index contributed by atoms with van der Waals surface area (Å²) in [6, 6.07) is 10.7. The van der Waals surface area contributed by atoms with Gasteiger partial charge in [-0.2, -0.15) is 0 Å². The molecule has 0 aliphatic heterocycles. The molecule has 0 atom stereocenters. The molecular weight excluding hydrogens is 312 g/mol. The number of methoxy groups -OCH3 is 1. The molecule has 0 N–H and O–H groups in total. The van der Waals surface area contributed by atoms with E-state index < -0.39 is 0 Å². The lowest BCUT2D eigenvalue weighted by atomic mass is 9.96. The van der Waals surface area contributed by atoms with Gasteiger partial charge in [-0.3, -0.25) is 4.79 Å². The summed E-state index contributed by atoms with van der Waals surface area (Å²) in [4.78, 5) is 12.9. The third kappa shape index (κ3) is 2.81. The van der Waals surface area contributed by atoms with E-state index in [1.807, 2.05) is 12.1 Å². The number of ether oxygens (including phenoxy) is 1. The topological polar surface area (TPSA) is 39.4 Å². The standard InChI is InChI=1S/C22H18O3/c1-6-16-7-8-17(11-20(16)13(2)24-5)22(23)18-9-10-19-14(3)25-15(4)21(19)12-18/h6-12H,1-4H2,5H3. The molecule has 0 saturated heterocycles. The predicted octanol–water partition coefficient (Wildman–Crippen LogP) is 3.74. The number of carbonyl (C=O) groups excluding carboxylic acids is 1. The summed E-state index contributed by atoms with van der Waals surface area (Å²) in [6.45, 7) is 15.3. The molecule has 3 aromatic rings. The quantitative estimate of drug-likeness (QED) is 0.528. The van der Waals surface area contributed by atoms with Gasteiger partial charge in [-0.05, 0) is 23.8 Å². The van der Waals surface area contributed by atoms with E-state index in [-0.39, 0.29) is 5.78 Å². The van der Waals surface area contributed by atoms with Gasteiger partial charge in [0.05, 0.1) is 7.11 Å². The molecule has 124 valence electrons. The molecule has 0 aliphatic rings. The summed E-state index contributed by atoms with van der Waals surface area (Å²) < 4.78 is 10.6. The van der Waals surface area contributed by atoms with Gasteiger partial charge >= 0.3 is 0 Å². The van der Waals surface area contributed by atoms with Crippen molar-refractivity contribution in [3.05, 3.63) is 82.6 Å². The van der Waals surface area contributed by atoms with Gasteiger partial charge in [-0.25, -0.2) is 0 Å².